The van der Waals surface area contributed by atoms with Crippen LogP contribution in [-0.4, -0.2) is 20.5 Å². The van der Waals surface area contributed by atoms with Gasteiger partial charge in [-0.2, -0.15) is 0 Å². The highest BCUT2D eigenvalue weighted by Gasteiger charge is 2.12. The van der Waals surface area contributed by atoms with Crippen molar-refractivity contribution >= 4 is 23.2 Å². The molecule has 16 heavy (non-hydrogen) atoms. The third kappa shape index (κ3) is 2.02. The van der Waals surface area contributed by atoms with Crippen LogP contribution in [0.3, 0.4) is 0 Å². The minimum Gasteiger partial charge on any atom is -0.481 e. The van der Waals surface area contributed by atoms with Gasteiger partial charge in [-0.25, -0.2) is 4.98 Å². The normalized spacial score (nSPS) is 12.9. The lowest BCUT2D eigenvalue weighted by Crippen LogP contribution is -2.12. The van der Waals surface area contributed by atoms with Crippen LogP contribution in [0, 0.1) is 5.92 Å². The maximum Gasteiger partial charge on any atom is 0.306 e. The maximum absolute atomic E-state index is 10.7. The van der Waals surface area contributed by atoms with E-state index in [1.807, 2.05) is 18.3 Å². The molecule has 2 rings (SSSR count). The molecule has 0 saturated carbocycles. The molecule has 2 heterocycles. The summed E-state index contributed by atoms with van der Waals surface area (Å²) in [4.78, 5) is 14.8. The van der Waals surface area contributed by atoms with Crippen LogP contribution in [0.1, 0.15) is 12.5 Å². The molecule has 1 unspecified atom stereocenters. The molecule has 0 aliphatic heterocycles. The number of carboxylic acids is 1. The molecule has 0 fully saturated rings. The van der Waals surface area contributed by atoms with Crippen molar-refractivity contribution in [2.24, 2.45) is 5.92 Å². The molecule has 1 N–H and O–H groups in total. The minimum absolute atomic E-state index is 0.403. The lowest BCUT2D eigenvalue weighted by atomic mass is 10.0. The molecule has 84 valence electrons. The van der Waals surface area contributed by atoms with E-state index >= 15 is 0 Å². The van der Waals surface area contributed by atoms with Crippen LogP contribution < -0.4 is 0 Å². The maximum atomic E-state index is 10.7. The zero-order valence-electron chi connectivity index (χ0n) is 8.72. The number of aliphatic carboxylic acids is 1. The molecule has 1 atom stereocenters. The van der Waals surface area contributed by atoms with Crippen molar-refractivity contribution in [3.05, 3.63) is 35.2 Å². The predicted octanol–water partition coefficient (Wildman–Crippen LogP) is 2.25. The fourth-order valence-electron chi connectivity index (χ4n) is 1.56. The van der Waals surface area contributed by atoms with Crippen molar-refractivity contribution < 1.29 is 9.90 Å². The number of pyridine rings is 1. The number of halogens is 1. The van der Waals surface area contributed by atoms with Crippen molar-refractivity contribution in [2.45, 2.75) is 13.3 Å². The van der Waals surface area contributed by atoms with Crippen LogP contribution in [0.5, 0.6) is 0 Å². The number of nitrogens with zero attached hydrogens (tertiary/aromatic N) is 2. The first-order chi connectivity index (χ1) is 7.58. The van der Waals surface area contributed by atoms with Crippen LogP contribution in [0.4, 0.5) is 0 Å². The Morgan fingerprint density at radius 2 is 2.38 bits per heavy atom. The second-order valence-electron chi connectivity index (χ2n) is 3.79. The lowest BCUT2D eigenvalue weighted by molar-refractivity contribution is -0.141. The molecular weight excluding hydrogens is 228 g/mol. The summed E-state index contributed by atoms with van der Waals surface area (Å²) in [5.41, 5.74) is 1.69. The van der Waals surface area contributed by atoms with Crippen LogP contribution in [0.15, 0.2) is 24.5 Å². The number of hydrogen-bond acceptors (Lipinski definition) is 2. The second-order valence-corrected chi connectivity index (χ2v) is 4.18. The standard InChI is InChI=1S/C11H11ClN2O2/c1-7(11(15)16)4-8-2-3-10-13-5-9(12)14(10)6-8/h2-3,5-7H,4H2,1H3,(H,15,16). The molecule has 2 aromatic rings. The van der Waals surface area contributed by atoms with E-state index in [-0.39, 0.29) is 0 Å². The van der Waals surface area contributed by atoms with Crippen molar-refractivity contribution in [3.8, 4) is 0 Å². The topological polar surface area (TPSA) is 54.6 Å². The molecule has 0 aliphatic rings. The average molecular weight is 239 g/mol. The highest BCUT2D eigenvalue weighted by molar-refractivity contribution is 6.29. The summed E-state index contributed by atoms with van der Waals surface area (Å²) < 4.78 is 1.74. The number of hydrogen-bond donors (Lipinski definition) is 1. The summed E-state index contributed by atoms with van der Waals surface area (Å²) in [5.74, 6) is -1.20. The summed E-state index contributed by atoms with van der Waals surface area (Å²) in [7, 11) is 0. The van der Waals surface area contributed by atoms with Crippen molar-refractivity contribution in [3.63, 3.8) is 0 Å². The van der Waals surface area contributed by atoms with E-state index in [4.69, 9.17) is 16.7 Å². The molecule has 0 radical (unpaired) electrons. The van der Waals surface area contributed by atoms with Gasteiger partial charge >= 0.3 is 5.97 Å². The van der Waals surface area contributed by atoms with Crippen LogP contribution in [0.2, 0.25) is 5.15 Å². The number of rotatable bonds is 3. The Morgan fingerprint density at radius 1 is 1.62 bits per heavy atom. The van der Waals surface area contributed by atoms with Gasteiger partial charge in [-0.15, -0.1) is 0 Å². The molecule has 4 nitrogen and oxygen atoms in total. The number of carbonyl (C=O) groups is 1. The summed E-state index contributed by atoms with van der Waals surface area (Å²) >= 11 is 5.93. The zero-order valence-corrected chi connectivity index (χ0v) is 9.48. The van der Waals surface area contributed by atoms with Crippen LogP contribution in [-0.2, 0) is 11.2 Å². The Kier molecular flexibility index (Phi) is 2.83. The Morgan fingerprint density at radius 3 is 3.06 bits per heavy atom. The van der Waals surface area contributed by atoms with Gasteiger partial charge in [0, 0.05) is 6.20 Å². The van der Waals surface area contributed by atoms with Crippen molar-refractivity contribution in [1.29, 1.82) is 0 Å². The van der Waals surface area contributed by atoms with E-state index in [1.165, 1.54) is 0 Å². The van der Waals surface area contributed by atoms with Gasteiger partial charge in [0.15, 0.2) is 0 Å². The Labute approximate surface area is 97.5 Å². The number of aromatic nitrogens is 2. The smallest absolute Gasteiger partial charge is 0.306 e. The molecule has 0 saturated heterocycles. The van der Waals surface area contributed by atoms with Gasteiger partial charge in [0.2, 0.25) is 0 Å². The van der Waals surface area contributed by atoms with Gasteiger partial charge in [-0.3, -0.25) is 9.20 Å². The van der Waals surface area contributed by atoms with Gasteiger partial charge < -0.3 is 5.11 Å². The second kappa shape index (κ2) is 4.14. The molecular formula is C11H11ClN2O2. The van der Waals surface area contributed by atoms with E-state index in [1.54, 1.807) is 17.5 Å². The predicted molar refractivity (Wildman–Crippen MR) is 60.7 cm³/mol. The fourth-order valence-corrected chi connectivity index (χ4v) is 1.74. The number of fused-ring (bicyclic) bond motifs is 1. The third-order valence-corrected chi connectivity index (χ3v) is 2.76. The van der Waals surface area contributed by atoms with Gasteiger partial charge in [0.05, 0.1) is 12.1 Å². The number of carboxylic acid groups (broad SMARTS) is 1. The monoisotopic (exact) mass is 238 g/mol. The van der Waals surface area contributed by atoms with E-state index in [9.17, 15) is 4.79 Å². The molecule has 0 amide bonds. The molecule has 5 heteroatoms. The Hall–Kier alpha value is -1.55. The highest BCUT2D eigenvalue weighted by atomic mass is 35.5. The zero-order chi connectivity index (χ0) is 11.7. The van der Waals surface area contributed by atoms with E-state index in [2.05, 4.69) is 4.98 Å². The average Bonchev–Trinajstić information content (AvgIpc) is 2.60. The first-order valence-corrected chi connectivity index (χ1v) is 5.30. The fraction of sp³-hybridized carbons (Fsp3) is 0.273. The van der Waals surface area contributed by atoms with E-state index in [0.717, 1.165) is 11.2 Å². The summed E-state index contributed by atoms with van der Waals surface area (Å²) in [6.07, 6.45) is 3.88. The molecule has 0 aromatic carbocycles. The SMILES string of the molecule is CC(Cc1ccc2ncc(Cl)n2c1)C(=O)O. The van der Waals surface area contributed by atoms with Gasteiger partial charge in [0.25, 0.3) is 0 Å². The third-order valence-electron chi connectivity index (χ3n) is 2.49. The first-order valence-electron chi connectivity index (χ1n) is 4.92. The van der Waals surface area contributed by atoms with Gasteiger partial charge in [-0.05, 0) is 18.1 Å². The summed E-state index contributed by atoms with van der Waals surface area (Å²) in [6, 6.07) is 3.70. The van der Waals surface area contributed by atoms with Crippen molar-refractivity contribution in [1.82, 2.24) is 9.38 Å². The molecule has 0 bridgehead atoms. The number of imidazole rings is 1. The van der Waals surface area contributed by atoms with Gasteiger partial charge in [0.1, 0.15) is 10.8 Å². The van der Waals surface area contributed by atoms with E-state index in [0.29, 0.717) is 11.6 Å². The minimum atomic E-state index is -0.795. The Bertz CT molecular complexity index is 536. The molecule has 0 spiro atoms. The van der Waals surface area contributed by atoms with Gasteiger partial charge in [-0.1, -0.05) is 24.6 Å². The van der Waals surface area contributed by atoms with E-state index < -0.39 is 11.9 Å². The summed E-state index contributed by atoms with van der Waals surface area (Å²) in [6.45, 7) is 1.68. The summed E-state index contributed by atoms with van der Waals surface area (Å²) in [5, 5.41) is 9.35. The first kappa shape index (κ1) is 11.0. The molecule has 2 aromatic heterocycles. The van der Waals surface area contributed by atoms with Crippen molar-refractivity contribution in [2.75, 3.05) is 0 Å². The van der Waals surface area contributed by atoms with Crippen LogP contribution in [0.25, 0.3) is 5.65 Å². The largest absolute Gasteiger partial charge is 0.481 e. The van der Waals surface area contributed by atoms with Crippen LogP contribution >= 0.6 is 11.6 Å². The highest BCUT2D eigenvalue weighted by Crippen LogP contribution is 2.15. The lowest BCUT2D eigenvalue weighted by Gasteiger charge is -2.06. The molecule has 0 aliphatic carbocycles. The Balaban J connectivity index is 2.32. The quantitative estimate of drug-likeness (QED) is 0.892.